The molecule has 3 saturated heterocycles. The number of nitrogens with zero attached hydrogens (tertiary/aromatic N) is 5. The average molecular weight is 486 g/mol. The molecular weight excluding hydrogens is 455 g/mol. The van der Waals surface area contributed by atoms with Gasteiger partial charge in [0, 0.05) is 44.4 Å². The van der Waals surface area contributed by atoms with E-state index in [4.69, 9.17) is 9.73 Å². The van der Waals surface area contributed by atoms with Gasteiger partial charge in [-0.05, 0) is 32.6 Å². The predicted molar refractivity (Wildman–Crippen MR) is 114 cm³/mol. The van der Waals surface area contributed by atoms with Gasteiger partial charge in [0.1, 0.15) is 12.4 Å². The molecule has 5 rings (SSSR count). The lowest BCUT2D eigenvalue weighted by atomic mass is 9.82. The number of fused-ring (bicyclic) bond motifs is 6. The summed E-state index contributed by atoms with van der Waals surface area (Å²) >= 11 is 0. The van der Waals surface area contributed by atoms with Crippen LogP contribution in [0, 0.1) is 11.8 Å². The second kappa shape index (κ2) is 8.23. The highest BCUT2D eigenvalue weighted by atomic mass is 127. The van der Waals surface area contributed by atoms with E-state index in [1.54, 1.807) is 0 Å². The molecule has 0 amide bonds. The van der Waals surface area contributed by atoms with Gasteiger partial charge in [0.2, 0.25) is 0 Å². The Morgan fingerprint density at radius 1 is 1.15 bits per heavy atom. The Morgan fingerprint density at radius 2 is 1.93 bits per heavy atom. The molecule has 0 aromatic carbocycles. The van der Waals surface area contributed by atoms with Gasteiger partial charge in [-0.25, -0.2) is 4.99 Å². The first kappa shape index (κ1) is 19.4. The predicted octanol–water partition coefficient (Wildman–Crippen LogP) is 2.20. The van der Waals surface area contributed by atoms with Crippen molar-refractivity contribution in [2.24, 2.45) is 16.8 Å². The maximum atomic E-state index is 6.11. The number of guanidine groups is 1. The van der Waals surface area contributed by atoms with Crippen molar-refractivity contribution < 1.29 is 4.74 Å². The molecule has 7 nitrogen and oxygen atoms in total. The quantitative estimate of drug-likeness (QED) is 0.403. The van der Waals surface area contributed by atoms with Gasteiger partial charge in [0.15, 0.2) is 11.8 Å². The van der Waals surface area contributed by atoms with Gasteiger partial charge in [0.25, 0.3) is 0 Å². The van der Waals surface area contributed by atoms with Crippen molar-refractivity contribution in [1.29, 1.82) is 0 Å². The lowest BCUT2D eigenvalue weighted by molar-refractivity contribution is 0.0767. The lowest BCUT2D eigenvalue weighted by Crippen LogP contribution is -2.41. The molecule has 3 fully saturated rings. The fraction of sp³-hybridized carbons (Fsp3) is 0.842. The van der Waals surface area contributed by atoms with E-state index < -0.39 is 0 Å². The normalized spacial score (nSPS) is 32.0. The van der Waals surface area contributed by atoms with E-state index in [2.05, 4.69) is 31.9 Å². The maximum absolute atomic E-state index is 6.11. The average Bonchev–Trinajstić information content (AvgIpc) is 3.38. The van der Waals surface area contributed by atoms with Gasteiger partial charge in [-0.3, -0.25) is 0 Å². The molecule has 0 radical (unpaired) electrons. The summed E-state index contributed by atoms with van der Waals surface area (Å²) in [6, 6.07) is 0. The van der Waals surface area contributed by atoms with Crippen molar-refractivity contribution in [2.45, 2.75) is 70.7 Å². The number of rotatable bonds is 3. The largest absolute Gasteiger partial charge is 0.374 e. The Bertz CT molecular complexity index is 674. The minimum absolute atomic E-state index is 0. The Hall–Kier alpha value is -0.900. The molecule has 2 bridgehead atoms. The molecule has 5 heterocycles. The summed E-state index contributed by atoms with van der Waals surface area (Å²) in [6.07, 6.45) is 8.27. The smallest absolute Gasteiger partial charge is 0.194 e. The zero-order valence-electron chi connectivity index (χ0n) is 16.1. The van der Waals surface area contributed by atoms with E-state index in [0.717, 1.165) is 50.2 Å². The first-order valence-corrected chi connectivity index (χ1v) is 10.4. The summed E-state index contributed by atoms with van der Waals surface area (Å²) < 4.78 is 8.41. The van der Waals surface area contributed by atoms with Crippen LogP contribution in [-0.2, 0) is 24.2 Å². The molecular formula is C19H31IN6O. The number of halogens is 1. The van der Waals surface area contributed by atoms with Crippen LogP contribution in [0.3, 0.4) is 0 Å². The molecule has 8 heteroatoms. The number of aryl methyl sites for hydroxylation is 1. The third-order valence-electron chi connectivity index (χ3n) is 6.64. The van der Waals surface area contributed by atoms with E-state index in [-0.39, 0.29) is 24.0 Å². The highest BCUT2D eigenvalue weighted by Crippen LogP contribution is 2.47. The molecule has 1 N–H and O–H groups in total. The van der Waals surface area contributed by atoms with Gasteiger partial charge < -0.3 is 19.5 Å². The number of likely N-dealkylation sites (tertiary alicyclic amines) is 1. The molecule has 0 saturated carbocycles. The van der Waals surface area contributed by atoms with E-state index in [1.807, 2.05) is 0 Å². The lowest BCUT2D eigenvalue weighted by Gasteiger charge is -2.23. The van der Waals surface area contributed by atoms with E-state index in [1.165, 1.54) is 32.1 Å². The van der Waals surface area contributed by atoms with Crippen LogP contribution in [0.2, 0.25) is 0 Å². The summed E-state index contributed by atoms with van der Waals surface area (Å²) in [6.45, 7) is 6.85. The van der Waals surface area contributed by atoms with Crippen molar-refractivity contribution >= 4 is 29.9 Å². The van der Waals surface area contributed by atoms with Crippen LogP contribution in [0.4, 0.5) is 0 Å². The fourth-order valence-electron chi connectivity index (χ4n) is 5.37. The number of nitrogens with one attached hydrogen (secondary N) is 1. The summed E-state index contributed by atoms with van der Waals surface area (Å²) in [5.74, 6) is 4.58. The molecule has 4 aliphatic heterocycles. The minimum atomic E-state index is 0. The Kier molecular flexibility index (Phi) is 5.92. The maximum Gasteiger partial charge on any atom is 0.194 e. The van der Waals surface area contributed by atoms with Gasteiger partial charge in [-0.1, -0.05) is 6.42 Å². The molecule has 4 unspecified atom stereocenters. The van der Waals surface area contributed by atoms with Crippen molar-refractivity contribution in [1.82, 2.24) is 25.0 Å². The zero-order chi connectivity index (χ0) is 17.5. The standard InChI is InChI=1S/C19H30N6O.HI/c1-2-20-19(24-11-13-14(12-24)16-8-7-15(13)26-16)21-10-18-23-22-17-6-4-3-5-9-25(17)18;/h13-16H,2-12H2,1H3,(H,20,21);1H. The monoisotopic (exact) mass is 486 g/mol. The van der Waals surface area contributed by atoms with Crippen LogP contribution in [0.1, 0.15) is 50.7 Å². The molecule has 4 aliphatic rings. The van der Waals surface area contributed by atoms with Crippen molar-refractivity contribution in [3.05, 3.63) is 11.6 Å². The first-order valence-electron chi connectivity index (χ1n) is 10.4. The molecule has 0 aliphatic carbocycles. The fourth-order valence-corrected chi connectivity index (χ4v) is 5.37. The summed E-state index contributed by atoms with van der Waals surface area (Å²) in [4.78, 5) is 7.39. The summed E-state index contributed by atoms with van der Waals surface area (Å²) in [5.41, 5.74) is 0. The van der Waals surface area contributed by atoms with Crippen molar-refractivity contribution in [2.75, 3.05) is 19.6 Å². The molecule has 1 aromatic rings. The molecule has 1 aromatic heterocycles. The SMILES string of the molecule is CCNC(=NCc1nnc2n1CCCCC2)N1CC2C3CCC(O3)C2C1.I. The second-order valence-corrected chi connectivity index (χ2v) is 8.19. The van der Waals surface area contributed by atoms with Crippen LogP contribution in [0.5, 0.6) is 0 Å². The number of ether oxygens (including phenoxy) is 1. The topological polar surface area (TPSA) is 67.6 Å². The Balaban J connectivity index is 0.00000180. The summed E-state index contributed by atoms with van der Waals surface area (Å²) in [7, 11) is 0. The highest BCUT2D eigenvalue weighted by Gasteiger charge is 2.53. The zero-order valence-corrected chi connectivity index (χ0v) is 18.5. The van der Waals surface area contributed by atoms with Crippen LogP contribution >= 0.6 is 24.0 Å². The van der Waals surface area contributed by atoms with Crippen molar-refractivity contribution in [3.8, 4) is 0 Å². The Morgan fingerprint density at radius 3 is 2.67 bits per heavy atom. The molecule has 0 spiro atoms. The number of hydrogen-bond donors (Lipinski definition) is 1. The van der Waals surface area contributed by atoms with Crippen LogP contribution < -0.4 is 5.32 Å². The Labute approximate surface area is 178 Å². The number of hydrogen-bond acceptors (Lipinski definition) is 4. The van der Waals surface area contributed by atoms with E-state index >= 15 is 0 Å². The van der Waals surface area contributed by atoms with Gasteiger partial charge in [0.05, 0.1) is 12.2 Å². The highest BCUT2D eigenvalue weighted by molar-refractivity contribution is 14.0. The van der Waals surface area contributed by atoms with Gasteiger partial charge in [-0.2, -0.15) is 0 Å². The third kappa shape index (κ3) is 3.59. The number of aliphatic imine (C=N–C) groups is 1. The molecule has 27 heavy (non-hydrogen) atoms. The van der Waals surface area contributed by atoms with Gasteiger partial charge in [-0.15, -0.1) is 34.2 Å². The van der Waals surface area contributed by atoms with Crippen molar-refractivity contribution in [3.63, 3.8) is 0 Å². The first-order chi connectivity index (χ1) is 12.8. The van der Waals surface area contributed by atoms with Crippen LogP contribution in [-0.4, -0.2) is 57.5 Å². The second-order valence-electron chi connectivity index (χ2n) is 8.19. The van der Waals surface area contributed by atoms with Crippen LogP contribution in [0.15, 0.2) is 4.99 Å². The molecule has 4 atom stereocenters. The minimum Gasteiger partial charge on any atom is -0.374 e. The van der Waals surface area contributed by atoms with Gasteiger partial charge >= 0.3 is 0 Å². The van der Waals surface area contributed by atoms with Crippen LogP contribution in [0.25, 0.3) is 0 Å². The molecule has 150 valence electrons. The van der Waals surface area contributed by atoms with E-state index in [9.17, 15) is 0 Å². The number of aromatic nitrogens is 3. The van der Waals surface area contributed by atoms with E-state index in [0.29, 0.717) is 30.6 Å². The summed E-state index contributed by atoms with van der Waals surface area (Å²) in [5, 5.41) is 12.3. The third-order valence-corrected chi connectivity index (χ3v) is 6.64.